The van der Waals surface area contributed by atoms with Crippen molar-refractivity contribution in [3.8, 4) is 5.75 Å². The van der Waals surface area contributed by atoms with Crippen LogP contribution in [0.1, 0.15) is 32.3 Å². The number of hydrogen-bond acceptors (Lipinski definition) is 2. The lowest BCUT2D eigenvalue weighted by Gasteiger charge is -2.27. The summed E-state index contributed by atoms with van der Waals surface area (Å²) in [5, 5.41) is 0. The second-order valence-corrected chi connectivity index (χ2v) is 4.49. The van der Waals surface area contributed by atoms with E-state index in [9.17, 15) is 0 Å². The van der Waals surface area contributed by atoms with Crippen molar-refractivity contribution in [1.82, 2.24) is 0 Å². The summed E-state index contributed by atoms with van der Waals surface area (Å²) in [4.78, 5) is 0. The Bertz CT molecular complexity index is 342. The highest BCUT2D eigenvalue weighted by Gasteiger charge is 2.41. The van der Waals surface area contributed by atoms with E-state index in [4.69, 9.17) is 10.5 Å². The van der Waals surface area contributed by atoms with Crippen LogP contribution >= 0.6 is 0 Å². The van der Waals surface area contributed by atoms with Crippen LogP contribution < -0.4 is 10.5 Å². The van der Waals surface area contributed by atoms with Crippen LogP contribution in [0.5, 0.6) is 5.75 Å². The highest BCUT2D eigenvalue weighted by Crippen LogP contribution is 2.46. The summed E-state index contributed by atoms with van der Waals surface area (Å²) >= 11 is 0. The minimum Gasteiger partial charge on any atom is -0.494 e. The van der Waals surface area contributed by atoms with Crippen molar-refractivity contribution >= 4 is 0 Å². The number of nitrogens with two attached hydrogens (primary N) is 1. The molecular weight excluding hydrogens is 186 g/mol. The molecule has 15 heavy (non-hydrogen) atoms. The van der Waals surface area contributed by atoms with Crippen molar-refractivity contribution in [2.75, 3.05) is 6.61 Å². The van der Waals surface area contributed by atoms with Gasteiger partial charge in [0.2, 0.25) is 0 Å². The number of ether oxygens (including phenoxy) is 1. The molecule has 2 heteroatoms. The van der Waals surface area contributed by atoms with Gasteiger partial charge in [-0.3, -0.25) is 0 Å². The van der Waals surface area contributed by atoms with E-state index in [0.29, 0.717) is 12.5 Å². The summed E-state index contributed by atoms with van der Waals surface area (Å²) in [5.74, 6) is 1.57. The predicted molar refractivity (Wildman–Crippen MR) is 61.9 cm³/mol. The van der Waals surface area contributed by atoms with Crippen LogP contribution in [0.15, 0.2) is 24.3 Å². The van der Waals surface area contributed by atoms with Crippen LogP contribution in [0.25, 0.3) is 0 Å². The summed E-state index contributed by atoms with van der Waals surface area (Å²) in [6.45, 7) is 4.81. The van der Waals surface area contributed by atoms with Crippen LogP contribution in [0.2, 0.25) is 0 Å². The lowest BCUT2D eigenvalue weighted by Crippen LogP contribution is -2.35. The monoisotopic (exact) mass is 205 g/mol. The van der Waals surface area contributed by atoms with Gasteiger partial charge < -0.3 is 10.5 Å². The predicted octanol–water partition coefficient (Wildman–Crippen LogP) is 2.67. The molecule has 1 aromatic carbocycles. The van der Waals surface area contributed by atoms with Crippen molar-refractivity contribution in [1.29, 1.82) is 0 Å². The molecule has 0 bridgehead atoms. The lowest BCUT2D eigenvalue weighted by molar-refractivity contribution is 0.318. The molecule has 1 fully saturated rings. The summed E-state index contributed by atoms with van der Waals surface area (Å²) in [5.41, 5.74) is 7.31. The van der Waals surface area contributed by atoms with E-state index in [1.807, 2.05) is 25.1 Å². The standard InChI is InChI=1S/C13H19NO/c1-3-15-12-7-5-4-6-11(12)13(2,14)10-8-9-10/h4-7,10H,3,8-9,14H2,1-2H3. The largest absolute Gasteiger partial charge is 0.494 e. The third kappa shape index (κ3) is 2.00. The molecule has 0 spiro atoms. The molecule has 0 radical (unpaired) electrons. The topological polar surface area (TPSA) is 35.2 Å². The van der Waals surface area contributed by atoms with Gasteiger partial charge >= 0.3 is 0 Å². The van der Waals surface area contributed by atoms with Gasteiger partial charge in [-0.1, -0.05) is 18.2 Å². The molecule has 0 heterocycles. The number of hydrogen-bond donors (Lipinski definition) is 1. The fourth-order valence-electron chi connectivity index (χ4n) is 2.10. The molecular formula is C13H19NO. The minimum atomic E-state index is -0.230. The van der Waals surface area contributed by atoms with Crippen molar-refractivity contribution in [2.24, 2.45) is 11.7 Å². The third-order valence-corrected chi connectivity index (χ3v) is 3.19. The summed E-state index contributed by atoms with van der Waals surface area (Å²) in [7, 11) is 0. The first kappa shape index (κ1) is 10.5. The van der Waals surface area contributed by atoms with Crippen LogP contribution in [-0.4, -0.2) is 6.61 Å². The van der Waals surface area contributed by atoms with Crippen molar-refractivity contribution in [3.05, 3.63) is 29.8 Å². The van der Waals surface area contributed by atoms with Gasteiger partial charge in [-0.25, -0.2) is 0 Å². The molecule has 1 saturated carbocycles. The Morgan fingerprint density at radius 3 is 2.67 bits per heavy atom. The molecule has 0 aromatic heterocycles. The van der Waals surface area contributed by atoms with Gasteiger partial charge in [0.1, 0.15) is 5.75 Å². The summed E-state index contributed by atoms with van der Waals surface area (Å²) in [6.07, 6.45) is 2.49. The zero-order valence-corrected chi connectivity index (χ0v) is 9.49. The normalized spacial score (nSPS) is 19.7. The molecule has 2 rings (SSSR count). The van der Waals surface area contributed by atoms with E-state index in [1.165, 1.54) is 12.8 Å². The van der Waals surface area contributed by atoms with Gasteiger partial charge in [0, 0.05) is 11.1 Å². The molecule has 1 aliphatic rings. The van der Waals surface area contributed by atoms with Gasteiger partial charge in [-0.05, 0) is 38.7 Å². The molecule has 1 aromatic rings. The Morgan fingerprint density at radius 1 is 1.40 bits per heavy atom. The number of rotatable bonds is 4. The molecule has 2 nitrogen and oxygen atoms in total. The van der Waals surface area contributed by atoms with Crippen LogP contribution in [-0.2, 0) is 5.54 Å². The quantitative estimate of drug-likeness (QED) is 0.820. The van der Waals surface area contributed by atoms with Crippen molar-refractivity contribution in [3.63, 3.8) is 0 Å². The average molecular weight is 205 g/mol. The Kier molecular flexibility index (Phi) is 2.70. The Morgan fingerprint density at radius 2 is 2.07 bits per heavy atom. The average Bonchev–Trinajstić information content (AvgIpc) is 3.02. The second-order valence-electron chi connectivity index (χ2n) is 4.49. The fraction of sp³-hybridized carbons (Fsp3) is 0.538. The Balaban J connectivity index is 2.32. The zero-order chi connectivity index (χ0) is 10.9. The summed E-state index contributed by atoms with van der Waals surface area (Å²) in [6, 6.07) is 8.12. The SMILES string of the molecule is CCOc1ccccc1C(C)(N)C1CC1. The maximum Gasteiger partial charge on any atom is 0.124 e. The first-order valence-electron chi connectivity index (χ1n) is 5.67. The van der Waals surface area contributed by atoms with Gasteiger partial charge in [-0.2, -0.15) is 0 Å². The molecule has 2 N–H and O–H groups in total. The van der Waals surface area contributed by atoms with Gasteiger partial charge in [0.25, 0.3) is 0 Å². The van der Waals surface area contributed by atoms with Crippen LogP contribution in [0, 0.1) is 5.92 Å². The first-order chi connectivity index (χ1) is 7.16. The third-order valence-electron chi connectivity index (χ3n) is 3.19. The number of benzene rings is 1. The lowest BCUT2D eigenvalue weighted by atomic mass is 9.87. The van der Waals surface area contributed by atoms with E-state index in [2.05, 4.69) is 13.0 Å². The maximum absolute atomic E-state index is 6.39. The molecule has 0 saturated heterocycles. The smallest absolute Gasteiger partial charge is 0.124 e. The Labute approximate surface area is 91.4 Å². The van der Waals surface area contributed by atoms with Crippen LogP contribution in [0.4, 0.5) is 0 Å². The first-order valence-corrected chi connectivity index (χ1v) is 5.67. The highest BCUT2D eigenvalue weighted by molar-refractivity contribution is 5.39. The van der Waals surface area contributed by atoms with Gasteiger partial charge in [0.05, 0.1) is 6.61 Å². The van der Waals surface area contributed by atoms with E-state index < -0.39 is 0 Å². The number of para-hydroxylation sites is 1. The maximum atomic E-state index is 6.39. The minimum absolute atomic E-state index is 0.230. The van der Waals surface area contributed by atoms with Gasteiger partial charge in [-0.15, -0.1) is 0 Å². The molecule has 1 unspecified atom stereocenters. The van der Waals surface area contributed by atoms with E-state index >= 15 is 0 Å². The van der Waals surface area contributed by atoms with Gasteiger partial charge in [0.15, 0.2) is 0 Å². The highest BCUT2D eigenvalue weighted by atomic mass is 16.5. The zero-order valence-electron chi connectivity index (χ0n) is 9.49. The molecule has 0 aliphatic heterocycles. The van der Waals surface area contributed by atoms with Crippen molar-refractivity contribution < 1.29 is 4.74 Å². The van der Waals surface area contributed by atoms with E-state index in [-0.39, 0.29) is 5.54 Å². The molecule has 0 amide bonds. The molecule has 1 atom stereocenters. The fourth-order valence-corrected chi connectivity index (χ4v) is 2.10. The van der Waals surface area contributed by atoms with E-state index in [1.54, 1.807) is 0 Å². The molecule has 82 valence electrons. The second kappa shape index (κ2) is 3.86. The van der Waals surface area contributed by atoms with Crippen LogP contribution in [0.3, 0.4) is 0 Å². The molecule has 1 aliphatic carbocycles. The van der Waals surface area contributed by atoms with Crippen molar-refractivity contribution in [2.45, 2.75) is 32.2 Å². The van der Waals surface area contributed by atoms with E-state index in [0.717, 1.165) is 11.3 Å². The Hall–Kier alpha value is -1.02. The summed E-state index contributed by atoms with van der Waals surface area (Å²) < 4.78 is 5.62.